The van der Waals surface area contributed by atoms with Crippen molar-refractivity contribution in [1.82, 2.24) is 15.1 Å². The van der Waals surface area contributed by atoms with Gasteiger partial charge in [0.25, 0.3) is 5.91 Å². The average Bonchev–Trinajstić information content (AvgIpc) is 2.89. The van der Waals surface area contributed by atoms with E-state index in [2.05, 4.69) is 17.3 Å². The molecule has 5 nitrogen and oxygen atoms in total. The van der Waals surface area contributed by atoms with Crippen molar-refractivity contribution < 1.29 is 13.9 Å². The Kier molecular flexibility index (Phi) is 7.40. The first-order chi connectivity index (χ1) is 12.0. The van der Waals surface area contributed by atoms with Crippen molar-refractivity contribution in [3.05, 3.63) is 46.5 Å². The normalized spacial score (nSPS) is 10.9. The van der Waals surface area contributed by atoms with E-state index in [0.29, 0.717) is 30.1 Å². The van der Waals surface area contributed by atoms with Crippen LogP contribution in [-0.2, 0) is 4.74 Å². The number of aromatic nitrogens is 2. The van der Waals surface area contributed by atoms with Gasteiger partial charge in [0, 0.05) is 19.8 Å². The van der Waals surface area contributed by atoms with Gasteiger partial charge in [-0.1, -0.05) is 24.9 Å². The minimum absolute atomic E-state index is 0.209. The molecule has 0 saturated carbocycles. The van der Waals surface area contributed by atoms with Crippen LogP contribution in [0.3, 0.4) is 0 Å². The van der Waals surface area contributed by atoms with Crippen LogP contribution in [0.4, 0.5) is 4.39 Å². The Morgan fingerprint density at radius 3 is 2.64 bits per heavy atom. The molecule has 0 spiro atoms. The summed E-state index contributed by atoms with van der Waals surface area (Å²) in [5.74, 6) is -0.618. The topological polar surface area (TPSA) is 56.1 Å². The van der Waals surface area contributed by atoms with E-state index in [1.807, 2.05) is 0 Å². The molecular weight excluding hydrogens is 345 g/mol. The molecule has 0 aliphatic rings. The fourth-order valence-corrected chi connectivity index (χ4v) is 2.68. The lowest BCUT2D eigenvalue weighted by atomic mass is 10.2. The van der Waals surface area contributed by atoms with Gasteiger partial charge in [-0.2, -0.15) is 5.10 Å². The summed E-state index contributed by atoms with van der Waals surface area (Å²) in [5.41, 5.74) is 1.45. The zero-order valence-corrected chi connectivity index (χ0v) is 15.3. The van der Waals surface area contributed by atoms with Crippen molar-refractivity contribution >= 4 is 17.5 Å². The maximum atomic E-state index is 13.0. The van der Waals surface area contributed by atoms with Crippen molar-refractivity contribution in [3.8, 4) is 5.69 Å². The fourth-order valence-electron chi connectivity index (χ4n) is 2.32. The van der Waals surface area contributed by atoms with Crippen molar-refractivity contribution in [2.24, 2.45) is 0 Å². The van der Waals surface area contributed by atoms with E-state index in [9.17, 15) is 9.18 Å². The summed E-state index contributed by atoms with van der Waals surface area (Å²) in [6.07, 6.45) is 2.88. The van der Waals surface area contributed by atoms with Gasteiger partial charge in [-0.25, -0.2) is 9.07 Å². The van der Waals surface area contributed by atoms with E-state index in [-0.39, 0.29) is 16.9 Å². The molecule has 0 fully saturated rings. The third-order valence-electron chi connectivity index (χ3n) is 3.70. The van der Waals surface area contributed by atoms with E-state index in [0.717, 1.165) is 25.9 Å². The highest BCUT2D eigenvalue weighted by Gasteiger charge is 2.20. The van der Waals surface area contributed by atoms with Gasteiger partial charge in [0.15, 0.2) is 0 Å². The van der Waals surface area contributed by atoms with Crippen LogP contribution in [0.25, 0.3) is 5.69 Å². The number of benzene rings is 1. The predicted molar refractivity (Wildman–Crippen MR) is 95.9 cm³/mol. The lowest BCUT2D eigenvalue weighted by Gasteiger charge is -2.06. The first kappa shape index (κ1) is 19.4. The molecule has 1 amide bonds. The average molecular weight is 368 g/mol. The Balaban J connectivity index is 1.95. The number of nitrogens with one attached hydrogen (secondary N) is 1. The summed E-state index contributed by atoms with van der Waals surface area (Å²) in [6.45, 7) is 5.69. The van der Waals surface area contributed by atoms with Gasteiger partial charge in [-0.15, -0.1) is 0 Å². The third-order valence-corrected chi connectivity index (χ3v) is 4.04. The largest absolute Gasteiger partial charge is 0.381 e. The molecule has 7 heteroatoms. The second kappa shape index (κ2) is 9.53. The molecule has 0 bridgehead atoms. The molecule has 2 aromatic rings. The Morgan fingerprint density at radius 1 is 1.28 bits per heavy atom. The van der Waals surface area contributed by atoms with E-state index < -0.39 is 0 Å². The van der Waals surface area contributed by atoms with Crippen LogP contribution in [0.1, 0.15) is 42.2 Å². The monoisotopic (exact) mass is 367 g/mol. The van der Waals surface area contributed by atoms with Crippen LogP contribution < -0.4 is 5.32 Å². The number of hydrogen-bond acceptors (Lipinski definition) is 3. The summed E-state index contributed by atoms with van der Waals surface area (Å²) in [6, 6.07) is 5.76. The van der Waals surface area contributed by atoms with Crippen molar-refractivity contribution in [1.29, 1.82) is 0 Å². The molecule has 0 saturated heterocycles. The second-order valence-electron chi connectivity index (χ2n) is 5.71. The molecule has 0 aliphatic heterocycles. The molecule has 1 N–H and O–H groups in total. The molecule has 1 aromatic heterocycles. The molecule has 136 valence electrons. The van der Waals surface area contributed by atoms with Crippen molar-refractivity contribution in [2.45, 2.75) is 33.1 Å². The Morgan fingerprint density at radius 2 is 1.96 bits per heavy atom. The van der Waals surface area contributed by atoms with Gasteiger partial charge in [0.2, 0.25) is 0 Å². The van der Waals surface area contributed by atoms with E-state index in [1.165, 1.54) is 16.8 Å². The van der Waals surface area contributed by atoms with Gasteiger partial charge >= 0.3 is 0 Å². The summed E-state index contributed by atoms with van der Waals surface area (Å²) in [4.78, 5) is 12.4. The number of carbonyl (C=O) groups excluding carboxylic acids is 1. The smallest absolute Gasteiger partial charge is 0.256 e. The summed E-state index contributed by atoms with van der Waals surface area (Å²) in [7, 11) is 0. The SMILES string of the molecule is CCCCOCCCNC(=O)c1c(C)nn(-c2ccc(F)cc2)c1Cl. The zero-order valence-electron chi connectivity index (χ0n) is 14.5. The number of ether oxygens (including phenoxy) is 1. The first-order valence-electron chi connectivity index (χ1n) is 8.41. The number of hydrogen-bond donors (Lipinski definition) is 1. The molecular formula is C18H23ClFN3O2. The Hall–Kier alpha value is -1.92. The van der Waals surface area contributed by atoms with Crippen LogP contribution in [-0.4, -0.2) is 35.4 Å². The number of halogens is 2. The van der Waals surface area contributed by atoms with Gasteiger partial charge in [0.1, 0.15) is 11.0 Å². The van der Waals surface area contributed by atoms with Crippen molar-refractivity contribution in [3.63, 3.8) is 0 Å². The third kappa shape index (κ3) is 5.28. The lowest BCUT2D eigenvalue weighted by molar-refractivity contribution is 0.0940. The van der Waals surface area contributed by atoms with Crippen LogP contribution in [0.5, 0.6) is 0 Å². The Bertz CT molecular complexity index is 701. The second-order valence-corrected chi connectivity index (χ2v) is 6.07. The number of aryl methyl sites for hydroxylation is 1. The minimum atomic E-state index is -0.345. The van der Waals surface area contributed by atoms with E-state index >= 15 is 0 Å². The Labute approximate surface area is 152 Å². The molecule has 0 unspecified atom stereocenters. The van der Waals surface area contributed by atoms with Crippen LogP contribution in [0.2, 0.25) is 5.15 Å². The highest BCUT2D eigenvalue weighted by Crippen LogP contribution is 2.23. The van der Waals surface area contributed by atoms with Gasteiger partial charge in [0.05, 0.1) is 16.9 Å². The summed E-state index contributed by atoms with van der Waals surface area (Å²) < 4.78 is 19.9. The number of rotatable bonds is 9. The number of amides is 1. The highest BCUT2D eigenvalue weighted by atomic mass is 35.5. The minimum Gasteiger partial charge on any atom is -0.381 e. The predicted octanol–water partition coefficient (Wildman–Crippen LogP) is 3.91. The van der Waals surface area contributed by atoms with E-state index in [4.69, 9.17) is 16.3 Å². The maximum Gasteiger partial charge on any atom is 0.256 e. The number of unbranched alkanes of at least 4 members (excludes halogenated alkanes) is 1. The molecule has 0 radical (unpaired) electrons. The summed E-state index contributed by atoms with van der Waals surface area (Å²) >= 11 is 6.32. The van der Waals surface area contributed by atoms with Crippen LogP contribution in [0, 0.1) is 12.7 Å². The zero-order chi connectivity index (χ0) is 18.2. The molecule has 1 heterocycles. The standard InChI is InChI=1S/C18H23ClFN3O2/c1-3-4-11-25-12-5-10-21-18(24)16-13(2)22-23(17(16)19)15-8-6-14(20)7-9-15/h6-9H,3-5,10-12H2,1-2H3,(H,21,24). The number of carbonyl (C=O) groups is 1. The van der Waals surface area contributed by atoms with Gasteiger partial charge in [-0.3, -0.25) is 4.79 Å². The van der Waals surface area contributed by atoms with E-state index in [1.54, 1.807) is 19.1 Å². The lowest BCUT2D eigenvalue weighted by Crippen LogP contribution is -2.26. The van der Waals surface area contributed by atoms with Gasteiger partial charge in [-0.05, 0) is 44.0 Å². The van der Waals surface area contributed by atoms with Crippen LogP contribution in [0.15, 0.2) is 24.3 Å². The molecule has 25 heavy (non-hydrogen) atoms. The highest BCUT2D eigenvalue weighted by molar-refractivity contribution is 6.33. The number of nitrogens with zero attached hydrogens (tertiary/aromatic N) is 2. The molecule has 0 aliphatic carbocycles. The molecule has 0 atom stereocenters. The quantitative estimate of drug-likeness (QED) is 0.683. The molecule has 2 rings (SSSR count). The maximum absolute atomic E-state index is 13.0. The first-order valence-corrected chi connectivity index (χ1v) is 8.79. The van der Waals surface area contributed by atoms with Gasteiger partial charge < -0.3 is 10.1 Å². The van der Waals surface area contributed by atoms with Crippen LogP contribution >= 0.6 is 11.6 Å². The summed E-state index contributed by atoms with van der Waals surface area (Å²) in [5, 5.41) is 7.32. The van der Waals surface area contributed by atoms with Crippen molar-refractivity contribution in [2.75, 3.05) is 19.8 Å². The molecule has 1 aromatic carbocycles. The fraction of sp³-hybridized carbons (Fsp3) is 0.444.